The number of ketones is 1. The van der Waals surface area contributed by atoms with Gasteiger partial charge in [-0.3, -0.25) is 4.79 Å². The fourth-order valence-electron chi connectivity index (χ4n) is 2.91. The first kappa shape index (κ1) is 24.0. The Bertz CT molecular complexity index is 847. The molecule has 2 rings (SSSR count). The van der Waals surface area contributed by atoms with Crippen LogP contribution in [0.5, 0.6) is 11.5 Å². The third kappa shape index (κ3) is 8.16. The van der Waals surface area contributed by atoms with Crippen molar-refractivity contribution in [2.75, 3.05) is 26.8 Å². The number of phenolic OH excluding ortho intramolecular Hbond substituents is 1. The first-order valence-corrected chi connectivity index (χ1v) is 10.4. The molecule has 2 amide bonds. The topological polar surface area (TPSA) is 114 Å². The maximum absolute atomic E-state index is 12.6. The van der Waals surface area contributed by atoms with E-state index >= 15 is 0 Å². The van der Waals surface area contributed by atoms with Crippen molar-refractivity contribution in [3.05, 3.63) is 41.5 Å². The number of fused-ring (bicyclic) bond motifs is 1. The van der Waals surface area contributed by atoms with Gasteiger partial charge in [-0.05, 0) is 37.0 Å². The highest BCUT2D eigenvalue weighted by atomic mass is 16.5. The molecule has 1 aliphatic rings. The van der Waals surface area contributed by atoms with E-state index in [1.165, 1.54) is 19.2 Å². The van der Waals surface area contributed by atoms with Gasteiger partial charge in [-0.2, -0.15) is 0 Å². The van der Waals surface area contributed by atoms with E-state index in [4.69, 9.17) is 9.47 Å². The van der Waals surface area contributed by atoms with E-state index < -0.39 is 5.97 Å². The van der Waals surface area contributed by atoms with Gasteiger partial charge >= 0.3 is 12.0 Å². The summed E-state index contributed by atoms with van der Waals surface area (Å²) >= 11 is 0. The molecule has 31 heavy (non-hydrogen) atoms. The van der Waals surface area contributed by atoms with E-state index in [0.717, 1.165) is 0 Å². The number of carbonyl (C=O) groups excluding carboxylic acids is 3. The number of esters is 1. The maximum Gasteiger partial charge on any atom is 0.342 e. The van der Waals surface area contributed by atoms with Crippen LogP contribution >= 0.6 is 0 Å². The van der Waals surface area contributed by atoms with Crippen LogP contribution in [0.2, 0.25) is 0 Å². The second-order valence-electron chi connectivity index (χ2n) is 7.31. The number of benzene rings is 1. The maximum atomic E-state index is 12.6. The predicted octanol–water partition coefficient (Wildman–Crippen LogP) is 3.21. The zero-order valence-electron chi connectivity index (χ0n) is 18.0. The molecule has 0 saturated heterocycles. The van der Waals surface area contributed by atoms with E-state index in [2.05, 4.69) is 10.6 Å². The van der Waals surface area contributed by atoms with Gasteiger partial charge < -0.3 is 25.2 Å². The number of urea groups is 1. The third-order valence-corrected chi connectivity index (χ3v) is 4.61. The molecule has 0 bridgehead atoms. The van der Waals surface area contributed by atoms with Gasteiger partial charge in [-0.1, -0.05) is 25.2 Å². The Morgan fingerprint density at radius 1 is 1.29 bits per heavy atom. The molecule has 168 valence electrons. The Morgan fingerprint density at radius 3 is 2.87 bits per heavy atom. The highest BCUT2D eigenvalue weighted by Crippen LogP contribution is 2.30. The first-order valence-electron chi connectivity index (χ1n) is 10.4. The van der Waals surface area contributed by atoms with Crippen molar-refractivity contribution in [3.8, 4) is 11.5 Å². The lowest BCUT2D eigenvalue weighted by atomic mass is 10.0. The molecule has 8 nitrogen and oxygen atoms in total. The number of carbonyl (C=O) groups is 3. The van der Waals surface area contributed by atoms with Gasteiger partial charge in [-0.25, -0.2) is 9.59 Å². The number of phenols is 1. The molecular weight excluding hydrogens is 400 g/mol. The minimum absolute atomic E-state index is 0.0447. The monoisotopic (exact) mass is 430 g/mol. The number of amides is 2. The minimum Gasteiger partial charge on any atom is -0.507 e. The fraction of sp³-hybridized carbons (Fsp3) is 0.435. The Hall–Kier alpha value is -3.29. The van der Waals surface area contributed by atoms with Gasteiger partial charge in [0.15, 0.2) is 5.78 Å². The van der Waals surface area contributed by atoms with Crippen LogP contribution < -0.4 is 15.4 Å². The fourth-order valence-corrected chi connectivity index (χ4v) is 2.91. The average Bonchev–Trinajstić information content (AvgIpc) is 2.74. The highest BCUT2D eigenvalue weighted by molar-refractivity contribution is 5.97. The zero-order chi connectivity index (χ0) is 22.6. The molecule has 0 fully saturated rings. The van der Waals surface area contributed by atoms with Crippen molar-refractivity contribution < 1.29 is 29.0 Å². The number of allylic oxidation sites excluding steroid dienone is 2. The van der Waals surface area contributed by atoms with Crippen LogP contribution in [0.4, 0.5) is 4.79 Å². The van der Waals surface area contributed by atoms with Crippen LogP contribution in [0.15, 0.2) is 30.4 Å². The quantitative estimate of drug-likeness (QED) is 0.488. The van der Waals surface area contributed by atoms with Crippen molar-refractivity contribution >= 4 is 23.9 Å². The summed E-state index contributed by atoms with van der Waals surface area (Å²) in [6.07, 6.45) is 9.21. The largest absolute Gasteiger partial charge is 0.507 e. The molecule has 1 atom stereocenters. The molecule has 0 aliphatic carbocycles. The molecule has 1 heterocycles. The lowest BCUT2D eigenvalue weighted by molar-refractivity contribution is -0.114. The third-order valence-electron chi connectivity index (χ3n) is 4.61. The van der Waals surface area contributed by atoms with Crippen LogP contribution in [0, 0.1) is 5.92 Å². The van der Waals surface area contributed by atoms with Crippen molar-refractivity contribution in [2.24, 2.45) is 5.92 Å². The number of ether oxygens (including phenoxy) is 2. The Kier molecular flexibility index (Phi) is 9.61. The summed E-state index contributed by atoms with van der Waals surface area (Å²) < 4.78 is 11.0. The normalized spacial score (nSPS) is 19.4. The lowest BCUT2D eigenvalue weighted by Crippen LogP contribution is -2.33. The Morgan fingerprint density at radius 2 is 2.10 bits per heavy atom. The number of rotatable bonds is 5. The van der Waals surface area contributed by atoms with Crippen molar-refractivity contribution in [3.63, 3.8) is 0 Å². The average molecular weight is 431 g/mol. The first-order chi connectivity index (χ1) is 14.9. The van der Waals surface area contributed by atoms with Crippen LogP contribution in [0.25, 0.3) is 6.08 Å². The molecule has 0 aromatic heterocycles. The van der Waals surface area contributed by atoms with Crippen molar-refractivity contribution in [1.29, 1.82) is 0 Å². The number of aromatic hydroxyl groups is 1. The van der Waals surface area contributed by atoms with Crippen LogP contribution in [0.1, 0.15) is 48.5 Å². The van der Waals surface area contributed by atoms with Gasteiger partial charge in [0.05, 0.1) is 13.2 Å². The van der Waals surface area contributed by atoms with Crippen molar-refractivity contribution in [2.45, 2.75) is 32.6 Å². The second kappa shape index (κ2) is 12.4. The minimum atomic E-state index is -0.637. The lowest BCUT2D eigenvalue weighted by Gasteiger charge is -2.14. The summed E-state index contributed by atoms with van der Waals surface area (Å²) in [6, 6.07) is 2.78. The Labute approximate surface area is 182 Å². The molecule has 0 spiro atoms. The van der Waals surface area contributed by atoms with Gasteiger partial charge in [0, 0.05) is 32.0 Å². The standard InChI is InChI=1S/C23H30N2O6/c1-16-9-10-18(26)8-5-3-4-7-17-13-19(30-12-6-11-25-23(29)24-2)14-20(27)21(17)22(28)31-15-16/h4,7,9-10,13-14,16,27H,3,5-6,8,11-12,15H2,1-2H3,(H2,24,25,29)/b7-4+,10-9-/t16-/m1/s1. The molecule has 0 unspecified atom stereocenters. The van der Waals surface area contributed by atoms with E-state index in [1.54, 1.807) is 18.2 Å². The Balaban J connectivity index is 2.14. The zero-order valence-corrected chi connectivity index (χ0v) is 18.0. The van der Waals surface area contributed by atoms with E-state index in [9.17, 15) is 19.5 Å². The van der Waals surface area contributed by atoms with Gasteiger partial charge in [0.25, 0.3) is 0 Å². The summed E-state index contributed by atoms with van der Waals surface area (Å²) in [5.41, 5.74) is 0.560. The summed E-state index contributed by atoms with van der Waals surface area (Å²) in [6.45, 7) is 2.71. The summed E-state index contributed by atoms with van der Waals surface area (Å²) in [4.78, 5) is 35.6. The smallest absolute Gasteiger partial charge is 0.342 e. The number of nitrogens with one attached hydrogen (secondary N) is 2. The van der Waals surface area contributed by atoms with Crippen LogP contribution in [-0.4, -0.2) is 49.7 Å². The molecule has 0 saturated carbocycles. The summed E-state index contributed by atoms with van der Waals surface area (Å²) in [7, 11) is 1.54. The van der Waals surface area contributed by atoms with Gasteiger partial charge in [-0.15, -0.1) is 0 Å². The van der Waals surface area contributed by atoms with Crippen molar-refractivity contribution in [1.82, 2.24) is 10.6 Å². The van der Waals surface area contributed by atoms with Gasteiger partial charge in [0.1, 0.15) is 17.1 Å². The summed E-state index contributed by atoms with van der Waals surface area (Å²) in [5, 5.41) is 15.6. The number of hydrogen-bond donors (Lipinski definition) is 3. The summed E-state index contributed by atoms with van der Waals surface area (Å²) in [5.74, 6) is -0.536. The molecule has 1 aliphatic heterocycles. The molecule has 1 aromatic rings. The van der Waals surface area contributed by atoms with Gasteiger partial charge in [0.2, 0.25) is 0 Å². The predicted molar refractivity (Wildman–Crippen MR) is 117 cm³/mol. The van der Waals surface area contributed by atoms with Crippen LogP contribution in [-0.2, 0) is 9.53 Å². The van der Waals surface area contributed by atoms with E-state index in [-0.39, 0.29) is 35.7 Å². The molecule has 0 radical (unpaired) electrons. The molecule has 3 N–H and O–H groups in total. The van der Waals surface area contributed by atoms with Crippen LogP contribution in [0.3, 0.4) is 0 Å². The molecular formula is C23H30N2O6. The number of cyclic esters (lactones) is 1. The van der Waals surface area contributed by atoms with E-state index in [0.29, 0.717) is 50.1 Å². The second-order valence-corrected chi connectivity index (χ2v) is 7.31. The molecule has 1 aromatic carbocycles. The highest BCUT2D eigenvalue weighted by Gasteiger charge is 2.19. The van der Waals surface area contributed by atoms with E-state index in [1.807, 2.05) is 13.0 Å². The number of hydrogen-bond acceptors (Lipinski definition) is 6. The SMILES string of the molecule is CNC(=O)NCCCOc1cc(O)c2c(c1)/C=C/CCCC(=O)/C=C\[C@@H](C)COC2=O. The molecule has 8 heteroatoms.